The third kappa shape index (κ3) is 6.19. The van der Waals surface area contributed by atoms with E-state index in [1.165, 1.54) is 16.9 Å². The topological polar surface area (TPSA) is 113 Å². The molecule has 0 fully saturated rings. The first-order valence-corrected chi connectivity index (χ1v) is 6.63. The van der Waals surface area contributed by atoms with Crippen LogP contribution in [-0.4, -0.2) is 54.1 Å². The van der Waals surface area contributed by atoms with Gasteiger partial charge >= 0.3 is 5.97 Å². The zero-order valence-corrected chi connectivity index (χ0v) is 11.7. The Balaban J connectivity index is 0.000000219. The van der Waals surface area contributed by atoms with E-state index in [1.807, 2.05) is 12.3 Å². The Kier molecular flexibility index (Phi) is 7.77. The van der Waals surface area contributed by atoms with E-state index in [0.29, 0.717) is 13.0 Å². The Morgan fingerprint density at radius 3 is 2.38 bits per heavy atom. The summed E-state index contributed by atoms with van der Waals surface area (Å²) in [7, 11) is 0. The van der Waals surface area contributed by atoms with Crippen molar-refractivity contribution in [3.05, 3.63) is 36.4 Å². The number of aryl methyl sites for hydroxylation is 2. The van der Waals surface area contributed by atoms with Crippen LogP contribution in [-0.2, 0) is 13.1 Å². The second-order valence-corrected chi connectivity index (χ2v) is 4.17. The Labute approximate surface area is 122 Å². The van der Waals surface area contributed by atoms with Crippen LogP contribution < -0.4 is 0 Å². The maximum absolute atomic E-state index is 10.5. The van der Waals surface area contributed by atoms with Crippen molar-refractivity contribution in [1.82, 2.24) is 19.6 Å². The first kappa shape index (κ1) is 16.9. The van der Waals surface area contributed by atoms with Crippen molar-refractivity contribution in [3.8, 4) is 0 Å². The number of carboxylic acids is 1. The Bertz CT molecular complexity index is 510. The van der Waals surface area contributed by atoms with E-state index in [-0.39, 0.29) is 18.9 Å². The van der Waals surface area contributed by atoms with Crippen molar-refractivity contribution in [2.24, 2.45) is 0 Å². The number of aliphatic hydroxyl groups is 2. The third-order valence-corrected chi connectivity index (χ3v) is 2.57. The number of carboxylic acid groups (broad SMARTS) is 1. The van der Waals surface area contributed by atoms with Gasteiger partial charge in [0.2, 0.25) is 0 Å². The maximum atomic E-state index is 10.5. The maximum Gasteiger partial charge on any atom is 0.354 e. The van der Waals surface area contributed by atoms with Gasteiger partial charge in [-0.05, 0) is 25.0 Å². The Morgan fingerprint density at radius 1 is 1.10 bits per heavy atom. The number of aromatic carboxylic acids is 1. The molecule has 2 rings (SSSR count). The second-order valence-electron chi connectivity index (χ2n) is 4.17. The lowest BCUT2D eigenvalue weighted by Gasteiger charge is -2.01. The van der Waals surface area contributed by atoms with E-state index in [9.17, 15) is 4.79 Å². The monoisotopic (exact) mass is 296 g/mol. The first-order valence-electron chi connectivity index (χ1n) is 6.63. The standard InChI is InChI=1S/C7H10N2O3.C6H10N2O/c10-5-1-4-9-6(7(11)12)2-3-8-9;9-6-2-5-8-4-1-3-7-8/h2-3,10H,1,4-5H2,(H,11,12);1,3-4,9H,2,5-6H2. The fourth-order valence-corrected chi connectivity index (χ4v) is 1.58. The van der Waals surface area contributed by atoms with E-state index in [4.69, 9.17) is 15.3 Å². The van der Waals surface area contributed by atoms with E-state index in [0.717, 1.165) is 13.0 Å². The lowest BCUT2D eigenvalue weighted by atomic mass is 10.4. The normalized spacial score (nSPS) is 10.0. The van der Waals surface area contributed by atoms with Gasteiger partial charge in [-0.15, -0.1) is 0 Å². The molecule has 0 aliphatic heterocycles. The van der Waals surface area contributed by atoms with Gasteiger partial charge in [0.05, 0.1) is 0 Å². The molecule has 0 radical (unpaired) electrons. The van der Waals surface area contributed by atoms with Crippen LogP contribution in [0.4, 0.5) is 0 Å². The minimum atomic E-state index is -0.995. The van der Waals surface area contributed by atoms with Gasteiger partial charge in [0.15, 0.2) is 0 Å². The number of hydrogen-bond donors (Lipinski definition) is 3. The minimum absolute atomic E-state index is 0.0406. The summed E-state index contributed by atoms with van der Waals surface area (Å²) in [5, 5.41) is 33.3. The number of hydrogen-bond acceptors (Lipinski definition) is 5. The molecule has 0 saturated heterocycles. The summed E-state index contributed by atoms with van der Waals surface area (Å²) < 4.78 is 3.16. The fourth-order valence-electron chi connectivity index (χ4n) is 1.58. The van der Waals surface area contributed by atoms with E-state index in [2.05, 4.69) is 10.2 Å². The molecule has 8 heteroatoms. The first-order chi connectivity index (χ1) is 10.2. The highest BCUT2D eigenvalue weighted by atomic mass is 16.4. The van der Waals surface area contributed by atoms with Crippen molar-refractivity contribution in [2.75, 3.05) is 13.2 Å². The molecule has 0 spiro atoms. The second kappa shape index (κ2) is 9.67. The lowest BCUT2D eigenvalue weighted by molar-refractivity contribution is 0.0682. The molecule has 0 aliphatic rings. The molecule has 2 heterocycles. The molecule has 0 unspecified atom stereocenters. The number of nitrogens with zero attached hydrogens (tertiary/aromatic N) is 4. The van der Waals surface area contributed by atoms with Crippen molar-refractivity contribution in [3.63, 3.8) is 0 Å². The number of aromatic nitrogens is 4. The number of rotatable bonds is 7. The average Bonchev–Trinajstić information content (AvgIpc) is 3.14. The summed E-state index contributed by atoms with van der Waals surface area (Å²) in [6.07, 6.45) is 6.34. The quantitative estimate of drug-likeness (QED) is 0.674. The van der Waals surface area contributed by atoms with Crippen molar-refractivity contribution in [2.45, 2.75) is 25.9 Å². The SMILES string of the molecule is O=C(O)c1ccnn1CCCO.OCCCn1cccn1. The van der Waals surface area contributed by atoms with Gasteiger partial charge in [0, 0.05) is 44.9 Å². The zero-order chi connectivity index (χ0) is 15.5. The summed E-state index contributed by atoms with van der Waals surface area (Å²) in [6.45, 7) is 1.52. The summed E-state index contributed by atoms with van der Waals surface area (Å²) in [5.41, 5.74) is 0.156. The molecule has 8 nitrogen and oxygen atoms in total. The number of carbonyl (C=O) groups is 1. The molecule has 0 aromatic carbocycles. The van der Waals surface area contributed by atoms with Gasteiger partial charge in [0.1, 0.15) is 5.69 Å². The van der Waals surface area contributed by atoms with Crippen LogP contribution in [0.2, 0.25) is 0 Å². The van der Waals surface area contributed by atoms with Gasteiger partial charge in [-0.3, -0.25) is 9.36 Å². The van der Waals surface area contributed by atoms with E-state index >= 15 is 0 Å². The summed E-state index contributed by atoms with van der Waals surface area (Å²) in [6, 6.07) is 3.30. The smallest absolute Gasteiger partial charge is 0.354 e. The average molecular weight is 296 g/mol. The van der Waals surface area contributed by atoms with Gasteiger partial charge in [-0.25, -0.2) is 4.79 Å². The molecule has 0 bridgehead atoms. The van der Waals surface area contributed by atoms with Crippen molar-refractivity contribution >= 4 is 5.97 Å². The van der Waals surface area contributed by atoms with E-state index in [1.54, 1.807) is 10.9 Å². The molecule has 0 atom stereocenters. The van der Waals surface area contributed by atoms with Gasteiger partial charge in [0.25, 0.3) is 0 Å². The van der Waals surface area contributed by atoms with Crippen molar-refractivity contribution in [1.29, 1.82) is 0 Å². The van der Waals surface area contributed by atoms with Gasteiger partial charge in [-0.2, -0.15) is 10.2 Å². The molecule has 0 saturated carbocycles. The summed E-state index contributed by atoms with van der Waals surface area (Å²) in [4.78, 5) is 10.5. The Morgan fingerprint density at radius 2 is 1.81 bits per heavy atom. The third-order valence-electron chi connectivity index (χ3n) is 2.57. The highest BCUT2D eigenvalue weighted by Crippen LogP contribution is 1.99. The predicted octanol–water partition coefficient (Wildman–Crippen LogP) is 0.229. The van der Waals surface area contributed by atoms with Gasteiger partial charge < -0.3 is 15.3 Å². The molecule has 2 aromatic heterocycles. The molecule has 2 aromatic rings. The molecule has 21 heavy (non-hydrogen) atoms. The minimum Gasteiger partial charge on any atom is -0.477 e. The van der Waals surface area contributed by atoms with Crippen LogP contribution in [0.3, 0.4) is 0 Å². The molecule has 0 aliphatic carbocycles. The van der Waals surface area contributed by atoms with Crippen molar-refractivity contribution < 1.29 is 20.1 Å². The largest absolute Gasteiger partial charge is 0.477 e. The molecule has 3 N–H and O–H groups in total. The lowest BCUT2D eigenvalue weighted by Crippen LogP contribution is -2.10. The molecular weight excluding hydrogens is 276 g/mol. The van der Waals surface area contributed by atoms with E-state index < -0.39 is 5.97 Å². The molecular formula is C13H20N4O4. The van der Waals surface area contributed by atoms with Crippen LogP contribution in [0.1, 0.15) is 23.3 Å². The van der Waals surface area contributed by atoms with Gasteiger partial charge in [-0.1, -0.05) is 0 Å². The highest BCUT2D eigenvalue weighted by molar-refractivity contribution is 5.85. The Hall–Kier alpha value is -2.19. The van der Waals surface area contributed by atoms with Crippen LogP contribution in [0, 0.1) is 0 Å². The van der Waals surface area contributed by atoms with Crippen LogP contribution in [0.15, 0.2) is 30.7 Å². The zero-order valence-electron chi connectivity index (χ0n) is 11.7. The van der Waals surface area contributed by atoms with Crippen LogP contribution in [0.25, 0.3) is 0 Å². The number of aliphatic hydroxyl groups excluding tert-OH is 2. The van der Waals surface area contributed by atoms with Crippen LogP contribution in [0.5, 0.6) is 0 Å². The predicted molar refractivity (Wildman–Crippen MR) is 74.8 cm³/mol. The highest BCUT2D eigenvalue weighted by Gasteiger charge is 2.08. The fraction of sp³-hybridized carbons (Fsp3) is 0.462. The summed E-state index contributed by atoms with van der Waals surface area (Å²) in [5.74, 6) is -0.995. The summed E-state index contributed by atoms with van der Waals surface area (Å²) >= 11 is 0. The van der Waals surface area contributed by atoms with Crippen LogP contribution >= 0.6 is 0 Å². The molecule has 0 amide bonds. The molecule has 116 valence electrons.